The van der Waals surface area contributed by atoms with E-state index in [0.29, 0.717) is 38.0 Å². The lowest BCUT2D eigenvalue weighted by Gasteiger charge is -2.11. The Kier molecular flexibility index (Phi) is 5.14. The molecule has 0 amide bonds. The third-order valence-corrected chi connectivity index (χ3v) is 5.57. The van der Waals surface area contributed by atoms with Gasteiger partial charge >= 0.3 is 5.97 Å². The Hall–Kier alpha value is -3.45. The molecule has 2 aromatic carbocycles. The Morgan fingerprint density at radius 2 is 1.79 bits per heavy atom. The third-order valence-electron chi connectivity index (χ3n) is 4.41. The SMILES string of the molecule is Cc1nc2sc(C(=O)OCc3ccccc3Oc3ccccc3)c(C)c2c(=O)[nH]1. The van der Waals surface area contributed by atoms with E-state index in [0.717, 1.165) is 5.56 Å². The van der Waals surface area contributed by atoms with Gasteiger partial charge in [0.2, 0.25) is 0 Å². The van der Waals surface area contributed by atoms with Crippen LogP contribution in [0.15, 0.2) is 59.4 Å². The third kappa shape index (κ3) is 3.90. The van der Waals surface area contributed by atoms with Crippen molar-refractivity contribution in [3.05, 3.63) is 86.8 Å². The van der Waals surface area contributed by atoms with Gasteiger partial charge < -0.3 is 14.5 Å². The largest absolute Gasteiger partial charge is 0.457 e. The predicted molar refractivity (Wildman–Crippen MR) is 112 cm³/mol. The second kappa shape index (κ2) is 7.89. The molecule has 29 heavy (non-hydrogen) atoms. The molecule has 6 nitrogen and oxygen atoms in total. The standard InChI is InChI=1S/C22H18N2O4S/c1-13-18-20(25)23-14(2)24-21(18)29-19(13)22(26)27-12-15-8-6-7-11-17(15)28-16-9-4-3-5-10-16/h3-11H,12H2,1-2H3,(H,23,24,25). The zero-order chi connectivity index (χ0) is 20.4. The number of nitrogens with one attached hydrogen (secondary N) is 1. The quantitative estimate of drug-likeness (QED) is 0.484. The smallest absolute Gasteiger partial charge is 0.349 e. The van der Waals surface area contributed by atoms with E-state index >= 15 is 0 Å². The Balaban J connectivity index is 1.55. The molecule has 0 aliphatic carbocycles. The zero-order valence-electron chi connectivity index (χ0n) is 15.9. The number of aromatic nitrogens is 2. The van der Waals surface area contributed by atoms with Gasteiger partial charge in [-0.1, -0.05) is 36.4 Å². The number of aromatic amines is 1. The number of ether oxygens (including phenoxy) is 2. The summed E-state index contributed by atoms with van der Waals surface area (Å²) in [6.45, 7) is 3.49. The first kappa shape index (κ1) is 18.9. The molecule has 2 aromatic heterocycles. The minimum absolute atomic E-state index is 0.0539. The van der Waals surface area contributed by atoms with Crippen molar-refractivity contribution in [2.24, 2.45) is 0 Å². The van der Waals surface area contributed by atoms with Gasteiger partial charge in [0.25, 0.3) is 5.56 Å². The van der Waals surface area contributed by atoms with Crippen molar-refractivity contribution in [3.63, 3.8) is 0 Å². The topological polar surface area (TPSA) is 81.3 Å². The summed E-state index contributed by atoms with van der Waals surface area (Å²) in [7, 11) is 0. The monoisotopic (exact) mass is 406 g/mol. The Morgan fingerprint density at radius 1 is 1.07 bits per heavy atom. The van der Waals surface area contributed by atoms with Crippen LogP contribution in [0.2, 0.25) is 0 Å². The van der Waals surface area contributed by atoms with Crippen LogP contribution in [0.1, 0.15) is 26.6 Å². The van der Waals surface area contributed by atoms with Gasteiger partial charge in [-0.3, -0.25) is 4.79 Å². The van der Waals surface area contributed by atoms with Crippen molar-refractivity contribution in [2.45, 2.75) is 20.5 Å². The summed E-state index contributed by atoms with van der Waals surface area (Å²) >= 11 is 1.17. The Morgan fingerprint density at radius 3 is 2.59 bits per heavy atom. The normalized spacial score (nSPS) is 10.8. The fraction of sp³-hybridized carbons (Fsp3) is 0.136. The Labute approximate surface area is 170 Å². The summed E-state index contributed by atoms with van der Waals surface area (Å²) in [5, 5.41) is 0.431. The lowest BCUT2D eigenvalue weighted by molar-refractivity contribution is 0.0476. The first-order chi connectivity index (χ1) is 14.0. The maximum Gasteiger partial charge on any atom is 0.349 e. The number of H-pyrrole nitrogens is 1. The second-order valence-electron chi connectivity index (χ2n) is 6.49. The maximum absolute atomic E-state index is 12.7. The average molecular weight is 406 g/mol. The minimum atomic E-state index is -0.489. The van der Waals surface area contributed by atoms with Gasteiger partial charge in [-0.25, -0.2) is 9.78 Å². The zero-order valence-corrected chi connectivity index (χ0v) is 16.7. The summed E-state index contributed by atoms with van der Waals surface area (Å²) in [5.74, 6) is 1.34. The van der Waals surface area contributed by atoms with Crippen LogP contribution in [0.3, 0.4) is 0 Å². The number of para-hydroxylation sites is 2. The summed E-state index contributed by atoms with van der Waals surface area (Å²) in [4.78, 5) is 32.8. The molecule has 0 radical (unpaired) electrons. The molecule has 0 saturated carbocycles. The van der Waals surface area contributed by atoms with Crippen LogP contribution in [0.25, 0.3) is 10.2 Å². The first-order valence-corrected chi connectivity index (χ1v) is 9.82. The lowest BCUT2D eigenvalue weighted by Crippen LogP contribution is -2.10. The van der Waals surface area contributed by atoms with Crippen LogP contribution in [0.4, 0.5) is 0 Å². The van der Waals surface area contributed by atoms with Crippen LogP contribution in [-0.2, 0) is 11.3 Å². The van der Waals surface area contributed by atoms with Gasteiger partial charge in [0.1, 0.15) is 33.6 Å². The van der Waals surface area contributed by atoms with Crippen molar-refractivity contribution in [3.8, 4) is 11.5 Å². The van der Waals surface area contributed by atoms with E-state index in [-0.39, 0.29) is 12.2 Å². The van der Waals surface area contributed by atoms with E-state index < -0.39 is 5.97 Å². The van der Waals surface area contributed by atoms with Crippen molar-refractivity contribution in [2.75, 3.05) is 0 Å². The highest BCUT2D eigenvalue weighted by Gasteiger charge is 2.20. The van der Waals surface area contributed by atoms with Crippen LogP contribution in [0, 0.1) is 13.8 Å². The number of carbonyl (C=O) groups is 1. The molecule has 1 N–H and O–H groups in total. The molecule has 0 bridgehead atoms. The van der Waals surface area contributed by atoms with Crippen LogP contribution >= 0.6 is 11.3 Å². The molecule has 0 saturated heterocycles. The predicted octanol–water partition coefficient (Wildman–Crippen LogP) is 4.75. The van der Waals surface area contributed by atoms with Gasteiger partial charge in [0.15, 0.2) is 0 Å². The van der Waals surface area contributed by atoms with E-state index in [4.69, 9.17) is 9.47 Å². The highest BCUT2D eigenvalue weighted by Crippen LogP contribution is 2.29. The Bertz CT molecular complexity index is 1240. The van der Waals surface area contributed by atoms with Gasteiger partial charge in [0, 0.05) is 5.56 Å². The summed E-state index contributed by atoms with van der Waals surface area (Å²) in [6, 6.07) is 16.8. The van der Waals surface area contributed by atoms with Crippen molar-refractivity contribution in [1.29, 1.82) is 0 Å². The van der Waals surface area contributed by atoms with E-state index in [1.165, 1.54) is 11.3 Å². The number of hydrogen-bond acceptors (Lipinski definition) is 6. The van der Waals surface area contributed by atoms with Gasteiger partial charge in [-0.05, 0) is 37.6 Å². The number of esters is 1. The van der Waals surface area contributed by atoms with Crippen molar-refractivity contribution in [1.82, 2.24) is 9.97 Å². The van der Waals surface area contributed by atoms with Crippen molar-refractivity contribution < 1.29 is 14.3 Å². The number of benzene rings is 2. The summed E-state index contributed by atoms with van der Waals surface area (Å²) in [6.07, 6.45) is 0. The minimum Gasteiger partial charge on any atom is -0.457 e. The molecule has 146 valence electrons. The molecule has 0 fully saturated rings. The van der Waals surface area contributed by atoms with Crippen LogP contribution in [0.5, 0.6) is 11.5 Å². The summed E-state index contributed by atoms with van der Waals surface area (Å²) in [5.41, 5.74) is 1.08. The molecule has 0 unspecified atom stereocenters. The van der Waals surface area contributed by atoms with Crippen LogP contribution in [-0.4, -0.2) is 15.9 Å². The molecule has 0 atom stereocenters. The fourth-order valence-electron chi connectivity index (χ4n) is 2.99. The number of carbonyl (C=O) groups excluding carboxylic acids is 1. The fourth-order valence-corrected chi connectivity index (χ4v) is 4.11. The average Bonchev–Trinajstić information content (AvgIpc) is 3.04. The highest BCUT2D eigenvalue weighted by atomic mass is 32.1. The molecule has 0 aliphatic heterocycles. The summed E-state index contributed by atoms with van der Waals surface area (Å²) < 4.78 is 11.4. The number of thiophene rings is 1. The number of hydrogen-bond donors (Lipinski definition) is 1. The van der Waals surface area contributed by atoms with Gasteiger partial charge in [0.05, 0.1) is 5.39 Å². The molecule has 7 heteroatoms. The van der Waals surface area contributed by atoms with E-state index in [1.807, 2.05) is 54.6 Å². The van der Waals surface area contributed by atoms with Crippen LogP contribution < -0.4 is 10.3 Å². The number of fused-ring (bicyclic) bond motifs is 1. The molecule has 4 aromatic rings. The van der Waals surface area contributed by atoms with E-state index in [9.17, 15) is 9.59 Å². The molecular formula is C22H18N2O4S. The second-order valence-corrected chi connectivity index (χ2v) is 7.49. The molecular weight excluding hydrogens is 388 g/mol. The van der Waals surface area contributed by atoms with Gasteiger partial charge in [-0.15, -0.1) is 11.3 Å². The number of rotatable bonds is 5. The van der Waals surface area contributed by atoms with E-state index in [1.54, 1.807) is 13.8 Å². The lowest BCUT2D eigenvalue weighted by atomic mass is 10.2. The molecule has 0 spiro atoms. The molecule has 2 heterocycles. The van der Waals surface area contributed by atoms with Crippen molar-refractivity contribution >= 4 is 27.5 Å². The number of aryl methyl sites for hydroxylation is 2. The maximum atomic E-state index is 12.7. The van der Waals surface area contributed by atoms with Gasteiger partial charge in [-0.2, -0.15) is 0 Å². The molecule has 4 rings (SSSR count). The highest BCUT2D eigenvalue weighted by molar-refractivity contribution is 7.20. The first-order valence-electron chi connectivity index (χ1n) is 9.01. The van der Waals surface area contributed by atoms with E-state index in [2.05, 4.69) is 9.97 Å². The number of nitrogens with zero attached hydrogens (tertiary/aromatic N) is 1. The molecule has 0 aliphatic rings.